The summed E-state index contributed by atoms with van der Waals surface area (Å²) >= 11 is -2.54. The van der Waals surface area contributed by atoms with E-state index in [9.17, 15) is 4.79 Å². The second-order valence-electron chi connectivity index (χ2n) is 12.5. The van der Waals surface area contributed by atoms with Crippen LogP contribution in [-0.4, -0.2) is 38.1 Å². The van der Waals surface area contributed by atoms with Gasteiger partial charge >= 0.3 is 234 Å². The zero-order valence-corrected chi connectivity index (χ0v) is 30.2. The molecule has 0 aliphatic rings. The molecule has 2 nitrogen and oxygen atoms in total. The van der Waals surface area contributed by atoms with E-state index < -0.39 is 26.7 Å². The number of rotatable bonds is 24. The summed E-state index contributed by atoms with van der Waals surface area (Å²) in [6.45, 7) is 20.9. The van der Waals surface area contributed by atoms with Crippen LogP contribution >= 0.6 is 0 Å². The predicted octanol–water partition coefficient (Wildman–Crippen LogP) is 11.4. The monoisotopic (exact) mass is 630 g/mol. The van der Waals surface area contributed by atoms with Gasteiger partial charge in [-0.25, -0.2) is 0 Å². The van der Waals surface area contributed by atoms with E-state index >= 15 is 0 Å². The summed E-state index contributed by atoms with van der Waals surface area (Å²) in [7, 11) is -1.66. The van der Waals surface area contributed by atoms with Gasteiger partial charge in [0.15, 0.2) is 0 Å². The summed E-state index contributed by atoms with van der Waals surface area (Å²) in [6, 6.07) is 0. The Balaban J connectivity index is 6.40. The number of unbranched alkanes of at least 4 members (excludes halogenated alkanes) is 5. The van der Waals surface area contributed by atoms with Gasteiger partial charge in [-0.15, -0.1) is 0 Å². The molecule has 1 unspecified atom stereocenters. The van der Waals surface area contributed by atoms with Crippen molar-refractivity contribution in [2.45, 2.75) is 183 Å². The third-order valence-electron chi connectivity index (χ3n) is 8.13. The Labute approximate surface area is 233 Å². The van der Waals surface area contributed by atoms with Gasteiger partial charge in [0.1, 0.15) is 0 Å². The third-order valence-corrected chi connectivity index (χ3v) is 25.6. The Morgan fingerprint density at radius 2 is 1.28 bits per heavy atom. The first kappa shape index (κ1) is 36.4. The van der Waals surface area contributed by atoms with Crippen LogP contribution in [0.3, 0.4) is 0 Å². The number of carbonyl (C=O) groups excluding carboxylic acids is 1. The van der Waals surface area contributed by atoms with E-state index in [1.54, 1.807) is 0 Å². The van der Waals surface area contributed by atoms with Gasteiger partial charge in [-0.1, -0.05) is 0 Å². The quantitative estimate of drug-likeness (QED) is 0.0784. The number of hydrogen-bond donors (Lipinski definition) is 0. The van der Waals surface area contributed by atoms with E-state index in [4.69, 9.17) is 4.43 Å². The molecule has 0 aliphatic carbocycles. The van der Waals surface area contributed by atoms with Crippen molar-refractivity contribution in [3.63, 3.8) is 0 Å². The Morgan fingerprint density at radius 3 is 1.69 bits per heavy atom. The van der Waals surface area contributed by atoms with Crippen LogP contribution in [-0.2, 0) is 9.22 Å². The average Bonchev–Trinajstić information content (AvgIpc) is 2.84. The van der Waals surface area contributed by atoms with Gasteiger partial charge in [0.2, 0.25) is 0 Å². The molecule has 0 heterocycles. The zero-order chi connectivity index (χ0) is 27.5. The number of ketones is 1. The second kappa shape index (κ2) is 20.3. The topological polar surface area (TPSA) is 26.3 Å². The van der Waals surface area contributed by atoms with Crippen molar-refractivity contribution in [2.75, 3.05) is 0 Å². The van der Waals surface area contributed by atoms with Crippen LogP contribution in [0.2, 0.25) is 33.0 Å². The summed E-state index contributed by atoms with van der Waals surface area (Å²) in [5, 5.41) is 0. The minimum atomic E-state index is -2.54. The van der Waals surface area contributed by atoms with Crippen LogP contribution in [0.15, 0.2) is 9.67 Å². The van der Waals surface area contributed by atoms with Crippen LogP contribution in [0.1, 0.15) is 144 Å². The molecule has 0 aromatic rings. The maximum atomic E-state index is 12.2. The molecular formula is C32H66O2SiSn. The number of Topliss-reactive ketones (excluding diaryl/α,β-unsaturated/α-hetero) is 1. The average molecular weight is 630 g/mol. The van der Waals surface area contributed by atoms with E-state index in [2.05, 4.69) is 60.3 Å². The van der Waals surface area contributed by atoms with E-state index in [1.807, 2.05) is 10.5 Å². The van der Waals surface area contributed by atoms with Crippen molar-refractivity contribution in [2.24, 2.45) is 0 Å². The summed E-state index contributed by atoms with van der Waals surface area (Å²) in [4.78, 5) is 12.2. The number of hydrogen-bond acceptors (Lipinski definition) is 2. The van der Waals surface area contributed by atoms with Crippen LogP contribution in [0.4, 0.5) is 0 Å². The first-order chi connectivity index (χ1) is 17.1. The van der Waals surface area contributed by atoms with Crippen LogP contribution < -0.4 is 0 Å². The molecule has 4 heteroatoms. The van der Waals surface area contributed by atoms with E-state index in [0.29, 0.717) is 12.2 Å². The molecule has 0 fully saturated rings. The van der Waals surface area contributed by atoms with Gasteiger partial charge in [-0.3, -0.25) is 0 Å². The number of carbonyl (C=O) groups is 1. The second-order valence-corrected chi connectivity index (χ2v) is 30.3. The van der Waals surface area contributed by atoms with Crippen LogP contribution in [0.5, 0.6) is 0 Å². The molecule has 1 atom stereocenters. The fourth-order valence-corrected chi connectivity index (χ4v) is 24.8. The molecule has 0 spiro atoms. The van der Waals surface area contributed by atoms with Gasteiger partial charge < -0.3 is 0 Å². The molecule has 0 aromatic carbocycles. The molecular weight excluding hydrogens is 563 g/mol. The number of allylic oxidation sites excluding steroid dienone is 1. The van der Waals surface area contributed by atoms with E-state index in [0.717, 1.165) is 25.7 Å². The summed E-state index contributed by atoms with van der Waals surface area (Å²) < 4.78 is 13.5. The standard InChI is InChI=1S/C20H39O2Si.3C4H9.Sn/c1-7-10-14-17-20(9-3,22-23(4,5)6)18-15-12-11-13-16-19(21)8-2;3*1-3-4-2;/h15H,7-11,13-14,16-18H2,1-6H3;3*1,3-4H2,2H3;. The van der Waals surface area contributed by atoms with Crippen molar-refractivity contribution < 1.29 is 9.22 Å². The van der Waals surface area contributed by atoms with Crippen molar-refractivity contribution >= 4 is 32.5 Å². The van der Waals surface area contributed by atoms with Crippen molar-refractivity contribution in [1.29, 1.82) is 0 Å². The van der Waals surface area contributed by atoms with Gasteiger partial charge in [-0.05, 0) is 0 Å². The Hall–Kier alpha value is 0.386. The molecule has 36 heavy (non-hydrogen) atoms. The SMILES string of the molecule is CCCCCC(CC)(C/C=[C](\CCCC(=O)CC)[Sn]([CH2]CCC)([CH2]CCC)[CH2]CCC)O[Si](C)(C)C. The first-order valence-corrected chi connectivity index (χ1v) is 26.9. The molecule has 0 saturated carbocycles. The Morgan fingerprint density at radius 1 is 0.750 bits per heavy atom. The van der Waals surface area contributed by atoms with Gasteiger partial charge in [0, 0.05) is 0 Å². The summed E-state index contributed by atoms with van der Waals surface area (Å²) in [5.74, 6) is 0.440. The fraction of sp³-hybridized carbons (Fsp3) is 0.906. The summed E-state index contributed by atoms with van der Waals surface area (Å²) in [5.41, 5.74) is 0.00199. The van der Waals surface area contributed by atoms with Crippen molar-refractivity contribution in [3.05, 3.63) is 9.67 Å². The van der Waals surface area contributed by atoms with Gasteiger partial charge in [-0.2, -0.15) is 0 Å². The molecule has 0 N–H and O–H groups in total. The summed E-state index contributed by atoms with van der Waals surface area (Å²) in [6.07, 6.45) is 21.8. The first-order valence-electron chi connectivity index (χ1n) is 16.0. The maximum absolute atomic E-state index is 12.2. The van der Waals surface area contributed by atoms with Crippen LogP contribution in [0, 0.1) is 0 Å². The third kappa shape index (κ3) is 15.1. The Bertz CT molecular complexity index is 574. The molecule has 214 valence electrons. The molecule has 0 aromatic heterocycles. The van der Waals surface area contributed by atoms with E-state index in [-0.39, 0.29) is 5.60 Å². The predicted molar refractivity (Wildman–Crippen MR) is 168 cm³/mol. The molecule has 0 rings (SSSR count). The van der Waals surface area contributed by atoms with Gasteiger partial charge in [0.05, 0.1) is 0 Å². The molecule has 0 amide bonds. The Kier molecular flexibility index (Phi) is 20.5. The molecule has 0 bridgehead atoms. The zero-order valence-electron chi connectivity index (χ0n) is 26.3. The van der Waals surface area contributed by atoms with Crippen molar-refractivity contribution in [3.8, 4) is 0 Å². The molecule has 0 saturated heterocycles. The van der Waals surface area contributed by atoms with Crippen molar-refractivity contribution in [1.82, 2.24) is 0 Å². The normalized spacial score (nSPS) is 14.8. The van der Waals surface area contributed by atoms with Gasteiger partial charge in [0.25, 0.3) is 0 Å². The van der Waals surface area contributed by atoms with E-state index in [1.165, 1.54) is 83.9 Å². The fourth-order valence-electron chi connectivity index (χ4n) is 5.88. The molecule has 0 aliphatic heterocycles. The molecule has 0 radical (unpaired) electrons. The van der Waals surface area contributed by atoms with Crippen LogP contribution in [0.25, 0.3) is 0 Å². The minimum absolute atomic E-state index is 0.00199.